The van der Waals surface area contributed by atoms with Crippen LogP contribution < -0.4 is 0 Å². The second kappa shape index (κ2) is 13.3. The van der Waals surface area contributed by atoms with Gasteiger partial charge in [-0.25, -0.2) is 15.0 Å². The van der Waals surface area contributed by atoms with E-state index in [2.05, 4.69) is 162 Å². The number of fused-ring (bicyclic) bond motifs is 6. The van der Waals surface area contributed by atoms with Gasteiger partial charge in [0.1, 0.15) is 11.4 Å². The molecule has 0 radical (unpaired) electrons. The molecule has 6 nitrogen and oxygen atoms in total. The molecule has 10 aromatic rings. The maximum atomic E-state index is 5.12. The molecule has 6 heteroatoms. The van der Waals surface area contributed by atoms with Crippen LogP contribution in [0, 0.1) is 0 Å². The first-order chi connectivity index (χ1) is 28.5. The largest absolute Gasteiger partial charge is 0.308 e. The number of aromatic nitrogens is 6. The van der Waals surface area contributed by atoms with Crippen molar-refractivity contribution in [2.75, 3.05) is 0 Å². The van der Waals surface area contributed by atoms with Crippen molar-refractivity contribution in [3.63, 3.8) is 0 Å². The quantitative estimate of drug-likeness (QED) is 0.170. The molecule has 0 amide bonds. The standard InChI is InChI=1S/C52H36N6/c1-52(2)42-23-11-9-21-36(42)40-31-41-37-22-10-12-26-46(37)58(47(41)32-43(40)52)48-38(33-17-5-3-6-18-33)29-35(30-39(48)34-19-7-4-8-20-34)49-55-50(44-24-13-15-27-53-44)57-51(56-49)45-25-14-16-28-54-45/h3-32H,1-2H3. The molecule has 0 saturated carbocycles. The van der Waals surface area contributed by atoms with E-state index in [4.69, 9.17) is 15.0 Å². The lowest BCUT2D eigenvalue weighted by molar-refractivity contribution is 0.661. The molecule has 1 aliphatic rings. The number of nitrogens with zero attached hydrogens (tertiary/aromatic N) is 6. The van der Waals surface area contributed by atoms with Crippen LogP contribution in [0.15, 0.2) is 182 Å². The summed E-state index contributed by atoms with van der Waals surface area (Å²) in [6.07, 6.45) is 3.52. The van der Waals surface area contributed by atoms with Crippen LogP contribution in [-0.4, -0.2) is 29.5 Å². The Balaban J connectivity index is 1.25. The minimum atomic E-state index is -0.162. The maximum absolute atomic E-state index is 5.12. The van der Waals surface area contributed by atoms with E-state index >= 15 is 0 Å². The van der Waals surface area contributed by atoms with E-state index in [0.29, 0.717) is 28.9 Å². The Kier molecular flexibility index (Phi) is 7.73. The van der Waals surface area contributed by atoms with Gasteiger partial charge in [0.2, 0.25) is 0 Å². The number of benzene rings is 6. The molecule has 0 bridgehead atoms. The van der Waals surface area contributed by atoms with E-state index in [9.17, 15) is 0 Å². The van der Waals surface area contributed by atoms with Gasteiger partial charge >= 0.3 is 0 Å². The topological polar surface area (TPSA) is 69.4 Å². The molecule has 0 saturated heterocycles. The summed E-state index contributed by atoms with van der Waals surface area (Å²) in [5.41, 5.74) is 15.0. The molecule has 0 unspecified atom stereocenters. The fraction of sp³-hybridized carbons (Fsp3) is 0.0577. The molecular weight excluding hydrogens is 709 g/mol. The van der Waals surface area contributed by atoms with Crippen molar-refractivity contribution in [3.05, 3.63) is 193 Å². The predicted octanol–water partition coefficient (Wildman–Crippen LogP) is 12.4. The van der Waals surface area contributed by atoms with Crippen molar-refractivity contribution in [2.45, 2.75) is 19.3 Å². The summed E-state index contributed by atoms with van der Waals surface area (Å²) in [7, 11) is 0. The maximum Gasteiger partial charge on any atom is 0.182 e. The minimum Gasteiger partial charge on any atom is -0.308 e. The van der Waals surface area contributed by atoms with Gasteiger partial charge in [-0.1, -0.05) is 129 Å². The van der Waals surface area contributed by atoms with Crippen LogP contribution in [-0.2, 0) is 5.41 Å². The van der Waals surface area contributed by atoms with Gasteiger partial charge in [-0.15, -0.1) is 0 Å². The van der Waals surface area contributed by atoms with Crippen LogP contribution in [0.1, 0.15) is 25.0 Å². The van der Waals surface area contributed by atoms with Crippen LogP contribution in [0.2, 0.25) is 0 Å². The SMILES string of the molecule is CC1(C)c2ccccc2-c2cc3c4ccccc4n(-c4c(-c5ccccc5)cc(-c5nc(-c6ccccn6)nc(-c6ccccn6)n5)cc4-c4ccccc4)c3cc21. The summed E-state index contributed by atoms with van der Waals surface area (Å²) in [6.45, 7) is 4.70. The molecule has 274 valence electrons. The molecule has 6 aromatic carbocycles. The third-order valence-corrected chi connectivity index (χ3v) is 11.6. The average molecular weight is 745 g/mol. The lowest BCUT2D eigenvalue weighted by atomic mass is 9.82. The van der Waals surface area contributed by atoms with Gasteiger partial charge in [-0.3, -0.25) is 9.97 Å². The van der Waals surface area contributed by atoms with Gasteiger partial charge in [0, 0.05) is 45.3 Å². The van der Waals surface area contributed by atoms with Crippen molar-refractivity contribution in [2.24, 2.45) is 0 Å². The first kappa shape index (κ1) is 33.7. The van der Waals surface area contributed by atoms with Gasteiger partial charge in [-0.05, 0) is 88.0 Å². The van der Waals surface area contributed by atoms with Crippen molar-refractivity contribution in [1.29, 1.82) is 0 Å². The fourth-order valence-corrected chi connectivity index (χ4v) is 8.81. The fourth-order valence-electron chi connectivity index (χ4n) is 8.81. The monoisotopic (exact) mass is 744 g/mol. The average Bonchev–Trinajstić information content (AvgIpc) is 3.73. The van der Waals surface area contributed by atoms with Gasteiger partial charge < -0.3 is 4.57 Å². The second-order valence-electron chi connectivity index (χ2n) is 15.3. The Labute approximate surface area is 336 Å². The van der Waals surface area contributed by atoms with Crippen molar-refractivity contribution in [3.8, 4) is 73.5 Å². The van der Waals surface area contributed by atoms with Crippen LogP contribution in [0.5, 0.6) is 0 Å². The molecule has 0 aliphatic heterocycles. The lowest BCUT2D eigenvalue weighted by Gasteiger charge is -2.23. The zero-order valence-electron chi connectivity index (χ0n) is 32.0. The summed E-state index contributed by atoms with van der Waals surface area (Å²) in [4.78, 5) is 24.4. The highest BCUT2D eigenvalue weighted by Gasteiger charge is 2.36. The van der Waals surface area contributed by atoms with Gasteiger partial charge in [0.05, 0.1) is 16.7 Å². The second-order valence-corrected chi connectivity index (χ2v) is 15.3. The van der Waals surface area contributed by atoms with E-state index in [1.165, 1.54) is 33.0 Å². The molecular formula is C52H36N6. The van der Waals surface area contributed by atoms with Crippen LogP contribution in [0.4, 0.5) is 0 Å². The molecule has 1 aliphatic carbocycles. The number of pyridine rings is 2. The Morgan fingerprint density at radius 2 is 0.948 bits per heavy atom. The van der Waals surface area contributed by atoms with Crippen LogP contribution >= 0.6 is 0 Å². The molecule has 0 fully saturated rings. The Morgan fingerprint density at radius 1 is 0.397 bits per heavy atom. The van der Waals surface area contributed by atoms with Crippen LogP contribution in [0.3, 0.4) is 0 Å². The summed E-state index contributed by atoms with van der Waals surface area (Å²) >= 11 is 0. The minimum absolute atomic E-state index is 0.162. The van der Waals surface area contributed by atoms with E-state index in [1.807, 2.05) is 36.4 Å². The highest BCUT2D eigenvalue weighted by molar-refractivity contribution is 6.13. The summed E-state index contributed by atoms with van der Waals surface area (Å²) < 4.78 is 2.49. The van der Waals surface area contributed by atoms with E-state index in [1.54, 1.807) is 12.4 Å². The Bertz CT molecular complexity index is 3060. The first-order valence-corrected chi connectivity index (χ1v) is 19.6. The number of hydrogen-bond donors (Lipinski definition) is 0. The highest BCUT2D eigenvalue weighted by Crippen LogP contribution is 2.52. The number of hydrogen-bond acceptors (Lipinski definition) is 5. The number of rotatable bonds is 6. The first-order valence-electron chi connectivity index (χ1n) is 19.6. The Morgan fingerprint density at radius 3 is 1.57 bits per heavy atom. The van der Waals surface area contributed by atoms with Crippen molar-refractivity contribution >= 4 is 21.8 Å². The molecule has 0 spiro atoms. The van der Waals surface area contributed by atoms with E-state index in [-0.39, 0.29) is 5.41 Å². The third-order valence-electron chi connectivity index (χ3n) is 11.6. The molecule has 4 aromatic heterocycles. The van der Waals surface area contributed by atoms with Crippen molar-refractivity contribution in [1.82, 2.24) is 29.5 Å². The third kappa shape index (κ3) is 5.37. The normalized spacial score (nSPS) is 12.8. The zero-order chi connectivity index (χ0) is 38.8. The summed E-state index contributed by atoms with van der Waals surface area (Å²) in [5.74, 6) is 1.51. The predicted molar refractivity (Wildman–Crippen MR) is 234 cm³/mol. The van der Waals surface area contributed by atoms with Crippen LogP contribution in [0.25, 0.3) is 95.3 Å². The van der Waals surface area contributed by atoms with Gasteiger partial charge in [-0.2, -0.15) is 0 Å². The van der Waals surface area contributed by atoms with E-state index < -0.39 is 0 Å². The van der Waals surface area contributed by atoms with Crippen molar-refractivity contribution < 1.29 is 0 Å². The number of para-hydroxylation sites is 1. The zero-order valence-corrected chi connectivity index (χ0v) is 32.0. The van der Waals surface area contributed by atoms with E-state index in [0.717, 1.165) is 44.5 Å². The highest BCUT2D eigenvalue weighted by atomic mass is 15.1. The smallest absolute Gasteiger partial charge is 0.182 e. The summed E-state index contributed by atoms with van der Waals surface area (Å²) in [5, 5.41) is 2.43. The van der Waals surface area contributed by atoms with Gasteiger partial charge in [0.25, 0.3) is 0 Å². The lowest BCUT2D eigenvalue weighted by Crippen LogP contribution is -2.15. The molecule has 0 atom stereocenters. The molecule has 58 heavy (non-hydrogen) atoms. The molecule has 4 heterocycles. The molecule has 11 rings (SSSR count). The summed E-state index contributed by atoms with van der Waals surface area (Å²) in [6, 6.07) is 59.9. The molecule has 0 N–H and O–H groups in total. The Hall–Kier alpha value is -7.57. The van der Waals surface area contributed by atoms with Gasteiger partial charge in [0.15, 0.2) is 17.5 Å².